The fraction of sp³-hybridized carbons (Fsp3) is 0.680. The van der Waals surface area contributed by atoms with Crippen molar-refractivity contribution >= 4 is 12.0 Å². The maximum Gasteiger partial charge on any atom is 0.407 e. The SMILES string of the molecule is CC(C)(C)NC(=O)C1CCCC1NCC(O)C(Cc1ccccc1)NC(=O)OC(C)(C)C. The molecule has 0 saturated heterocycles. The van der Waals surface area contributed by atoms with Crippen LogP contribution in [0.4, 0.5) is 4.79 Å². The van der Waals surface area contributed by atoms with Gasteiger partial charge in [-0.15, -0.1) is 0 Å². The Balaban J connectivity index is 2.01. The minimum Gasteiger partial charge on any atom is -0.444 e. The first-order chi connectivity index (χ1) is 14.8. The van der Waals surface area contributed by atoms with E-state index >= 15 is 0 Å². The number of hydrogen-bond acceptors (Lipinski definition) is 5. The second-order valence-electron chi connectivity index (χ2n) is 10.8. The van der Waals surface area contributed by atoms with E-state index in [0.717, 1.165) is 24.8 Å². The van der Waals surface area contributed by atoms with Crippen LogP contribution in [-0.2, 0) is 16.0 Å². The average Bonchev–Trinajstić information content (AvgIpc) is 3.12. The summed E-state index contributed by atoms with van der Waals surface area (Å²) in [5.74, 6) is -0.0671. The molecule has 32 heavy (non-hydrogen) atoms. The molecule has 0 aliphatic heterocycles. The summed E-state index contributed by atoms with van der Waals surface area (Å²) in [6, 6.07) is 9.21. The molecule has 180 valence electrons. The van der Waals surface area contributed by atoms with E-state index in [4.69, 9.17) is 4.74 Å². The lowest BCUT2D eigenvalue weighted by molar-refractivity contribution is -0.126. The van der Waals surface area contributed by atoms with Crippen LogP contribution >= 0.6 is 0 Å². The van der Waals surface area contributed by atoms with Gasteiger partial charge < -0.3 is 25.8 Å². The Kier molecular flexibility index (Phi) is 9.10. The topological polar surface area (TPSA) is 99.7 Å². The molecule has 0 bridgehead atoms. The first-order valence-corrected chi connectivity index (χ1v) is 11.6. The normalized spacial score (nSPS) is 21.0. The van der Waals surface area contributed by atoms with E-state index < -0.39 is 23.8 Å². The quantitative estimate of drug-likeness (QED) is 0.491. The number of ether oxygens (including phenoxy) is 1. The Hall–Kier alpha value is -2.12. The fourth-order valence-electron chi connectivity index (χ4n) is 4.01. The second-order valence-corrected chi connectivity index (χ2v) is 10.8. The maximum atomic E-state index is 12.7. The largest absolute Gasteiger partial charge is 0.444 e. The van der Waals surface area contributed by atoms with Crippen molar-refractivity contribution in [3.8, 4) is 0 Å². The summed E-state index contributed by atoms with van der Waals surface area (Å²) in [7, 11) is 0. The average molecular weight is 448 g/mol. The van der Waals surface area contributed by atoms with Crippen LogP contribution in [-0.4, -0.2) is 53.0 Å². The van der Waals surface area contributed by atoms with Gasteiger partial charge in [-0.1, -0.05) is 36.8 Å². The first kappa shape index (κ1) is 26.1. The van der Waals surface area contributed by atoms with E-state index in [9.17, 15) is 14.7 Å². The monoisotopic (exact) mass is 447 g/mol. The highest BCUT2D eigenvalue weighted by Gasteiger charge is 2.35. The van der Waals surface area contributed by atoms with Crippen molar-refractivity contribution in [3.05, 3.63) is 35.9 Å². The molecular formula is C25H41N3O4. The molecule has 7 heteroatoms. The molecular weight excluding hydrogens is 406 g/mol. The van der Waals surface area contributed by atoms with Crippen molar-refractivity contribution in [2.24, 2.45) is 5.92 Å². The van der Waals surface area contributed by atoms with Crippen LogP contribution in [0.25, 0.3) is 0 Å². The number of carbonyl (C=O) groups is 2. The number of nitrogens with one attached hydrogen (secondary N) is 3. The summed E-state index contributed by atoms with van der Waals surface area (Å²) >= 11 is 0. The second kappa shape index (κ2) is 11.1. The van der Waals surface area contributed by atoms with Gasteiger partial charge in [0.1, 0.15) is 5.60 Å². The van der Waals surface area contributed by atoms with Gasteiger partial charge in [0, 0.05) is 18.1 Å². The molecule has 1 aromatic carbocycles. The highest BCUT2D eigenvalue weighted by Crippen LogP contribution is 2.26. The number of aliphatic hydroxyl groups excluding tert-OH is 1. The lowest BCUT2D eigenvalue weighted by Gasteiger charge is -2.29. The van der Waals surface area contributed by atoms with Gasteiger partial charge in [-0.05, 0) is 66.4 Å². The number of amides is 2. The molecule has 0 spiro atoms. The summed E-state index contributed by atoms with van der Waals surface area (Å²) in [4.78, 5) is 25.1. The highest BCUT2D eigenvalue weighted by atomic mass is 16.6. The van der Waals surface area contributed by atoms with E-state index in [2.05, 4.69) is 16.0 Å². The van der Waals surface area contributed by atoms with Gasteiger partial charge in [0.15, 0.2) is 0 Å². The van der Waals surface area contributed by atoms with Crippen LogP contribution in [0.1, 0.15) is 66.4 Å². The number of alkyl carbamates (subject to hydrolysis) is 1. The Morgan fingerprint density at radius 2 is 1.75 bits per heavy atom. The Bertz CT molecular complexity index is 740. The zero-order chi connectivity index (χ0) is 23.9. The maximum absolute atomic E-state index is 12.7. The Morgan fingerprint density at radius 3 is 2.34 bits per heavy atom. The minimum absolute atomic E-state index is 0.00546. The molecule has 1 saturated carbocycles. The Morgan fingerprint density at radius 1 is 1.09 bits per heavy atom. The van der Waals surface area contributed by atoms with E-state index in [0.29, 0.717) is 6.42 Å². The minimum atomic E-state index is -0.838. The van der Waals surface area contributed by atoms with E-state index in [1.54, 1.807) is 20.8 Å². The Labute approximate surface area is 192 Å². The van der Waals surface area contributed by atoms with Crippen LogP contribution in [0, 0.1) is 5.92 Å². The summed E-state index contributed by atoms with van der Waals surface area (Å²) in [5, 5.41) is 20.2. The lowest BCUT2D eigenvalue weighted by Crippen LogP contribution is -2.53. The zero-order valence-electron chi connectivity index (χ0n) is 20.4. The van der Waals surface area contributed by atoms with Crippen molar-refractivity contribution in [2.75, 3.05) is 6.54 Å². The van der Waals surface area contributed by atoms with Crippen LogP contribution in [0.15, 0.2) is 30.3 Å². The smallest absolute Gasteiger partial charge is 0.407 e. The molecule has 4 atom stereocenters. The van der Waals surface area contributed by atoms with Crippen LogP contribution < -0.4 is 16.0 Å². The number of carbonyl (C=O) groups excluding carboxylic acids is 2. The van der Waals surface area contributed by atoms with Crippen molar-refractivity contribution < 1.29 is 19.4 Å². The first-order valence-electron chi connectivity index (χ1n) is 11.6. The number of hydrogen-bond donors (Lipinski definition) is 4. The molecule has 0 aromatic heterocycles. The number of benzene rings is 1. The third kappa shape index (κ3) is 9.17. The van der Waals surface area contributed by atoms with Crippen LogP contribution in [0.3, 0.4) is 0 Å². The fourth-order valence-corrected chi connectivity index (χ4v) is 4.01. The van der Waals surface area contributed by atoms with Crippen molar-refractivity contribution in [2.45, 2.75) is 96.6 Å². The molecule has 1 aliphatic carbocycles. The third-order valence-corrected chi connectivity index (χ3v) is 5.41. The molecule has 0 heterocycles. The number of aliphatic hydroxyl groups is 1. The molecule has 4 unspecified atom stereocenters. The molecule has 2 rings (SSSR count). The molecule has 4 N–H and O–H groups in total. The van der Waals surface area contributed by atoms with Crippen LogP contribution in [0.5, 0.6) is 0 Å². The molecule has 1 aromatic rings. The number of rotatable bonds is 8. The standard InChI is InChI=1S/C25H41N3O4/c1-24(2,3)28-22(30)18-13-10-14-19(18)26-16-21(29)20(15-17-11-8-7-9-12-17)27-23(31)32-25(4,5)6/h7-9,11-12,18-21,26,29H,10,13-16H2,1-6H3,(H,27,31)(H,28,30). The van der Waals surface area contributed by atoms with E-state index in [-0.39, 0.29) is 30.0 Å². The van der Waals surface area contributed by atoms with Crippen molar-refractivity contribution in [3.63, 3.8) is 0 Å². The predicted octanol–water partition coefficient (Wildman–Crippen LogP) is 3.16. The molecule has 1 fully saturated rings. The molecule has 2 amide bonds. The predicted molar refractivity (Wildman–Crippen MR) is 126 cm³/mol. The summed E-state index contributed by atoms with van der Waals surface area (Å²) < 4.78 is 5.39. The molecule has 0 radical (unpaired) electrons. The van der Waals surface area contributed by atoms with Crippen molar-refractivity contribution in [1.29, 1.82) is 0 Å². The van der Waals surface area contributed by atoms with Crippen molar-refractivity contribution in [1.82, 2.24) is 16.0 Å². The molecule has 7 nitrogen and oxygen atoms in total. The zero-order valence-corrected chi connectivity index (χ0v) is 20.4. The lowest BCUT2D eigenvalue weighted by atomic mass is 9.98. The van der Waals surface area contributed by atoms with Gasteiger partial charge in [0.2, 0.25) is 5.91 Å². The van der Waals surface area contributed by atoms with Gasteiger partial charge >= 0.3 is 6.09 Å². The van der Waals surface area contributed by atoms with Gasteiger partial charge in [0.05, 0.1) is 18.1 Å². The van der Waals surface area contributed by atoms with E-state index in [1.807, 2.05) is 51.1 Å². The van der Waals surface area contributed by atoms with Gasteiger partial charge in [0.25, 0.3) is 0 Å². The summed E-state index contributed by atoms with van der Waals surface area (Å²) in [6.07, 6.45) is 1.77. The van der Waals surface area contributed by atoms with Gasteiger partial charge in [-0.3, -0.25) is 4.79 Å². The summed E-state index contributed by atoms with van der Waals surface area (Å²) in [5.41, 5.74) is 0.111. The third-order valence-electron chi connectivity index (χ3n) is 5.41. The van der Waals surface area contributed by atoms with Gasteiger partial charge in [-0.2, -0.15) is 0 Å². The van der Waals surface area contributed by atoms with Crippen LogP contribution in [0.2, 0.25) is 0 Å². The summed E-state index contributed by atoms with van der Waals surface area (Å²) in [6.45, 7) is 11.6. The van der Waals surface area contributed by atoms with E-state index in [1.165, 1.54) is 0 Å². The molecule has 1 aliphatic rings. The highest BCUT2D eigenvalue weighted by molar-refractivity contribution is 5.80. The van der Waals surface area contributed by atoms with Gasteiger partial charge in [-0.25, -0.2) is 4.79 Å².